The molecule has 0 spiro atoms. The summed E-state index contributed by atoms with van der Waals surface area (Å²) in [6.45, 7) is 0.0689. The summed E-state index contributed by atoms with van der Waals surface area (Å²) in [5, 5.41) is 3.86. The van der Waals surface area contributed by atoms with E-state index in [1.54, 1.807) is 48.4 Å². The standard InChI is InChI=1S/C31H35ClN2O4/c1-37-27-16-18-28(19-17-27)38-22-30(35)34(21-24-12-14-25(32)15-13-24)29(20-23-8-4-2-5-9-23)31(36)33-26-10-6-3-7-11-26/h2,4-5,8-9,12-19,26,29H,3,6-7,10-11,20-22H2,1H3,(H,33,36)/t29-/m1/s1. The molecule has 3 aromatic carbocycles. The third-order valence-corrected chi connectivity index (χ3v) is 7.16. The SMILES string of the molecule is COc1ccc(OCC(=O)N(Cc2ccc(Cl)cc2)[C@H](Cc2ccccc2)C(=O)NC2CCCCC2)cc1. The van der Waals surface area contributed by atoms with Gasteiger partial charge in [-0.25, -0.2) is 0 Å². The fourth-order valence-corrected chi connectivity index (χ4v) is 4.91. The summed E-state index contributed by atoms with van der Waals surface area (Å²) in [5.41, 5.74) is 1.87. The summed E-state index contributed by atoms with van der Waals surface area (Å²) in [7, 11) is 1.60. The molecule has 1 aliphatic carbocycles. The molecule has 38 heavy (non-hydrogen) atoms. The monoisotopic (exact) mass is 534 g/mol. The average Bonchev–Trinajstić information content (AvgIpc) is 2.96. The van der Waals surface area contributed by atoms with Gasteiger partial charge in [-0.15, -0.1) is 0 Å². The van der Waals surface area contributed by atoms with E-state index >= 15 is 0 Å². The van der Waals surface area contributed by atoms with Crippen molar-refractivity contribution < 1.29 is 19.1 Å². The summed E-state index contributed by atoms with van der Waals surface area (Å²) in [6.07, 6.45) is 5.75. The highest BCUT2D eigenvalue weighted by Crippen LogP contribution is 2.21. The van der Waals surface area contributed by atoms with Crippen molar-refractivity contribution in [2.24, 2.45) is 0 Å². The molecular formula is C31H35ClN2O4. The second kappa shape index (κ2) is 13.9. The van der Waals surface area contributed by atoms with Crippen LogP contribution in [0.4, 0.5) is 0 Å². The molecule has 200 valence electrons. The Labute approximate surface area is 229 Å². The van der Waals surface area contributed by atoms with Gasteiger partial charge in [-0.05, 0) is 60.4 Å². The van der Waals surface area contributed by atoms with Crippen molar-refractivity contribution in [2.75, 3.05) is 13.7 Å². The lowest BCUT2D eigenvalue weighted by Crippen LogP contribution is -2.53. The second-order valence-electron chi connectivity index (χ2n) is 9.66. The zero-order valence-electron chi connectivity index (χ0n) is 21.8. The van der Waals surface area contributed by atoms with Crippen LogP contribution in [0.3, 0.4) is 0 Å². The van der Waals surface area contributed by atoms with Gasteiger partial charge in [0.2, 0.25) is 5.91 Å². The smallest absolute Gasteiger partial charge is 0.261 e. The molecule has 4 rings (SSSR count). The number of hydrogen-bond donors (Lipinski definition) is 1. The van der Waals surface area contributed by atoms with E-state index in [2.05, 4.69) is 5.32 Å². The van der Waals surface area contributed by atoms with E-state index in [0.717, 1.165) is 36.8 Å². The van der Waals surface area contributed by atoms with E-state index in [1.165, 1.54) is 6.42 Å². The lowest BCUT2D eigenvalue weighted by molar-refractivity contribution is -0.143. The minimum Gasteiger partial charge on any atom is -0.497 e. The van der Waals surface area contributed by atoms with Gasteiger partial charge in [0.15, 0.2) is 6.61 Å². The third-order valence-electron chi connectivity index (χ3n) is 6.91. The van der Waals surface area contributed by atoms with Crippen LogP contribution in [0.15, 0.2) is 78.9 Å². The molecule has 3 aromatic rings. The molecule has 6 nitrogen and oxygen atoms in total. The van der Waals surface area contributed by atoms with E-state index in [4.69, 9.17) is 21.1 Å². The molecule has 1 fully saturated rings. The Balaban J connectivity index is 1.58. The van der Waals surface area contributed by atoms with Crippen LogP contribution >= 0.6 is 11.6 Å². The van der Waals surface area contributed by atoms with Gasteiger partial charge < -0.3 is 19.7 Å². The molecule has 2 amide bonds. The van der Waals surface area contributed by atoms with Gasteiger partial charge in [0.1, 0.15) is 17.5 Å². The Kier molecular flexibility index (Phi) is 10.0. The molecule has 0 saturated heterocycles. The van der Waals surface area contributed by atoms with Gasteiger partial charge >= 0.3 is 0 Å². The minimum absolute atomic E-state index is 0.132. The maximum atomic E-state index is 13.8. The molecule has 0 unspecified atom stereocenters. The summed E-state index contributed by atoms with van der Waals surface area (Å²) in [5.74, 6) is 0.857. The molecule has 0 aromatic heterocycles. The highest BCUT2D eigenvalue weighted by Gasteiger charge is 2.32. The van der Waals surface area contributed by atoms with Crippen molar-refractivity contribution in [3.63, 3.8) is 0 Å². The number of methoxy groups -OCH3 is 1. The van der Waals surface area contributed by atoms with E-state index in [-0.39, 0.29) is 31.0 Å². The van der Waals surface area contributed by atoms with Crippen LogP contribution in [0.1, 0.15) is 43.2 Å². The molecule has 1 aliphatic rings. The van der Waals surface area contributed by atoms with Crippen LogP contribution in [0.25, 0.3) is 0 Å². The summed E-state index contributed by atoms with van der Waals surface area (Å²) in [4.78, 5) is 29.1. The van der Waals surface area contributed by atoms with Crippen LogP contribution in [0.2, 0.25) is 5.02 Å². The maximum Gasteiger partial charge on any atom is 0.261 e. The number of carbonyl (C=O) groups excluding carboxylic acids is 2. The zero-order chi connectivity index (χ0) is 26.7. The molecule has 1 N–H and O–H groups in total. The van der Waals surface area contributed by atoms with Crippen molar-refractivity contribution in [3.8, 4) is 11.5 Å². The van der Waals surface area contributed by atoms with Crippen molar-refractivity contribution in [1.82, 2.24) is 10.2 Å². The van der Waals surface area contributed by atoms with E-state index in [0.29, 0.717) is 22.9 Å². The minimum atomic E-state index is -0.693. The Morgan fingerprint density at radius 1 is 0.895 bits per heavy atom. The molecule has 0 heterocycles. The van der Waals surface area contributed by atoms with Gasteiger partial charge in [0, 0.05) is 24.0 Å². The number of amides is 2. The predicted octanol–water partition coefficient (Wildman–Crippen LogP) is 5.82. The lowest BCUT2D eigenvalue weighted by Gasteiger charge is -2.33. The number of hydrogen-bond acceptors (Lipinski definition) is 4. The first-order valence-electron chi connectivity index (χ1n) is 13.2. The topological polar surface area (TPSA) is 67.9 Å². The highest BCUT2D eigenvalue weighted by molar-refractivity contribution is 6.30. The Hall–Kier alpha value is -3.51. The van der Waals surface area contributed by atoms with E-state index in [9.17, 15) is 9.59 Å². The molecule has 1 saturated carbocycles. The molecule has 7 heteroatoms. The lowest BCUT2D eigenvalue weighted by atomic mass is 9.94. The molecular weight excluding hydrogens is 500 g/mol. The number of nitrogens with zero attached hydrogens (tertiary/aromatic N) is 1. The molecule has 0 aliphatic heterocycles. The summed E-state index contributed by atoms with van der Waals surface area (Å²) in [6, 6.07) is 23.7. The van der Waals surface area contributed by atoms with Crippen molar-refractivity contribution in [3.05, 3.63) is 95.0 Å². The highest BCUT2D eigenvalue weighted by atomic mass is 35.5. The first-order valence-corrected chi connectivity index (χ1v) is 13.5. The van der Waals surface area contributed by atoms with Gasteiger partial charge in [-0.3, -0.25) is 9.59 Å². The first kappa shape index (κ1) is 27.5. The molecule has 0 radical (unpaired) electrons. The van der Waals surface area contributed by atoms with Gasteiger partial charge in [-0.1, -0.05) is 73.3 Å². The Morgan fingerprint density at radius 2 is 1.55 bits per heavy atom. The number of nitrogens with one attached hydrogen (secondary N) is 1. The Morgan fingerprint density at radius 3 is 2.21 bits per heavy atom. The van der Waals surface area contributed by atoms with Crippen LogP contribution in [0.5, 0.6) is 11.5 Å². The van der Waals surface area contributed by atoms with Crippen molar-refractivity contribution in [1.29, 1.82) is 0 Å². The molecule has 0 bridgehead atoms. The van der Waals surface area contributed by atoms with Crippen LogP contribution in [-0.4, -0.2) is 42.5 Å². The normalized spacial score (nSPS) is 14.4. The van der Waals surface area contributed by atoms with Crippen molar-refractivity contribution >= 4 is 23.4 Å². The van der Waals surface area contributed by atoms with Crippen LogP contribution in [0, 0.1) is 0 Å². The number of benzene rings is 3. The first-order chi connectivity index (χ1) is 18.5. The largest absolute Gasteiger partial charge is 0.497 e. The second-order valence-corrected chi connectivity index (χ2v) is 10.1. The van der Waals surface area contributed by atoms with Gasteiger partial charge in [0.05, 0.1) is 7.11 Å². The maximum absolute atomic E-state index is 13.8. The fraction of sp³-hybridized carbons (Fsp3) is 0.355. The zero-order valence-corrected chi connectivity index (χ0v) is 22.5. The number of carbonyl (C=O) groups is 2. The number of ether oxygens (including phenoxy) is 2. The Bertz CT molecular complexity index is 1160. The van der Waals surface area contributed by atoms with E-state index < -0.39 is 6.04 Å². The summed E-state index contributed by atoms with van der Waals surface area (Å²) >= 11 is 6.11. The van der Waals surface area contributed by atoms with E-state index in [1.807, 2.05) is 42.5 Å². The number of rotatable bonds is 11. The van der Waals surface area contributed by atoms with Crippen LogP contribution < -0.4 is 14.8 Å². The predicted molar refractivity (Wildman–Crippen MR) is 149 cm³/mol. The quantitative estimate of drug-likeness (QED) is 0.337. The number of halogens is 1. The fourth-order valence-electron chi connectivity index (χ4n) is 4.78. The van der Waals surface area contributed by atoms with Gasteiger partial charge in [0.25, 0.3) is 5.91 Å². The van der Waals surface area contributed by atoms with Crippen LogP contribution in [-0.2, 0) is 22.6 Å². The third kappa shape index (κ3) is 7.99. The van der Waals surface area contributed by atoms with Gasteiger partial charge in [-0.2, -0.15) is 0 Å². The summed E-state index contributed by atoms with van der Waals surface area (Å²) < 4.78 is 11.0. The molecule has 1 atom stereocenters. The average molecular weight is 535 g/mol. The van der Waals surface area contributed by atoms with Crippen molar-refractivity contribution in [2.45, 2.75) is 57.2 Å².